The molecule has 1 unspecified atom stereocenters. The third-order valence-electron chi connectivity index (χ3n) is 4.88. The van der Waals surface area contributed by atoms with E-state index in [2.05, 4.69) is 19.2 Å². The summed E-state index contributed by atoms with van der Waals surface area (Å²) in [4.78, 5) is 0. The van der Waals surface area contributed by atoms with E-state index in [0.717, 1.165) is 36.5 Å². The van der Waals surface area contributed by atoms with E-state index < -0.39 is 17.8 Å². The summed E-state index contributed by atoms with van der Waals surface area (Å²) in [5.74, 6) is -3.87. The molecule has 0 saturated heterocycles. The molecular weight excluding hydrogens is 426 g/mol. The second-order valence-corrected chi connectivity index (χ2v) is 7.62. The van der Waals surface area contributed by atoms with E-state index in [9.17, 15) is 0 Å². The lowest BCUT2D eigenvalue weighted by Gasteiger charge is -2.27. The van der Waals surface area contributed by atoms with Gasteiger partial charge in [0.25, 0.3) is 0 Å². The minimum absolute atomic E-state index is 0.0390. The molecular formula is C27H38F2O4. The lowest BCUT2D eigenvalue weighted by molar-refractivity contribution is -0.143. The summed E-state index contributed by atoms with van der Waals surface area (Å²) < 4.78 is 51.7. The summed E-state index contributed by atoms with van der Waals surface area (Å²) in [6.45, 7) is 9.60. The first-order chi connectivity index (χ1) is 16.0. The molecule has 33 heavy (non-hydrogen) atoms. The maximum Gasteiger partial charge on any atom is 0.332 e. The van der Waals surface area contributed by atoms with Crippen LogP contribution in [0.25, 0.3) is 0 Å². The Morgan fingerprint density at radius 1 is 1.06 bits per heavy atom. The van der Waals surface area contributed by atoms with Crippen LogP contribution < -0.4 is 0 Å². The zero-order valence-electron chi connectivity index (χ0n) is 19.9. The van der Waals surface area contributed by atoms with Gasteiger partial charge in [0.05, 0.1) is 19.8 Å². The second-order valence-electron chi connectivity index (χ2n) is 7.62. The van der Waals surface area contributed by atoms with Crippen LogP contribution >= 0.6 is 0 Å². The van der Waals surface area contributed by atoms with Gasteiger partial charge in [0.15, 0.2) is 12.6 Å². The van der Waals surface area contributed by atoms with Crippen molar-refractivity contribution in [1.29, 1.82) is 0 Å². The first kappa shape index (κ1) is 28.8. The van der Waals surface area contributed by atoms with Gasteiger partial charge >= 0.3 is 5.92 Å². The van der Waals surface area contributed by atoms with Gasteiger partial charge in [0.1, 0.15) is 6.10 Å². The molecule has 0 aliphatic heterocycles. The Hall–Kier alpha value is -2.28. The molecule has 1 aromatic carbocycles. The van der Waals surface area contributed by atoms with E-state index in [-0.39, 0.29) is 20.0 Å². The SMILES string of the molecule is C=CCCCC=C(C)CCC=C(OCOCCOC)C(F)(F)C(C=C)OCc1ccccc1. The van der Waals surface area contributed by atoms with Gasteiger partial charge < -0.3 is 18.9 Å². The van der Waals surface area contributed by atoms with Crippen molar-refractivity contribution in [3.8, 4) is 0 Å². The van der Waals surface area contributed by atoms with E-state index in [1.54, 1.807) is 0 Å². The number of allylic oxidation sites excluding steroid dienone is 4. The van der Waals surface area contributed by atoms with Crippen LogP contribution in [0.3, 0.4) is 0 Å². The summed E-state index contributed by atoms with van der Waals surface area (Å²) in [5, 5.41) is 0. The Bertz CT molecular complexity index is 729. The quantitative estimate of drug-likeness (QED) is 0.0956. The first-order valence-corrected chi connectivity index (χ1v) is 11.3. The van der Waals surface area contributed by atoms with Crippen molar-refractivity contribution >= 4 is 0 Å². The minimum atomic E-state index is -3.40. The van der Waals surface area contributed by atoms with Gasteiger partial charge in [-0.2, -0.15) is 8.78 Å². The Kier molecular flexibility index (Phi) is 15.0. The standard InChI is InChI=1S/C27H38F2O4/c1-5-7-8-10-14-23(3)15-13-18-26(33-22-31-20-19-30-4)27(28,29)25(6-2)32-21-24-16-11-9-12-17-24/h5-6,9,11-12,14,16-18,25H,1-2,7-8,10,13,15,19-22H2,3-4H3. The van der Waals surface area contributed by atoms with E-state index >= 15 is 8.78 Å². The zero-order chi connectivity index (χ0) is 24.4. The summed E-state index contributed by atoms with van der Waals surface area (Å²) in [7, 11) is 1.54. The second kappa shape index (κ2) is 17.2. The minimum Gasteiger partial charge on any atom is -0.466 e. The van der Waals surface area contributed by atoms with Gasteiger partial charge in [-0.3, -0.25) is 0 Å². The fourth-order valence-corrected chi connectivity index (χ4v) is 2.96. The van der Waals surface area contributed by atoms with Gasteiger partial charge in [-0.25, -0.2) is 0 Å². The number of alkyl halides is 2. The molecule has 0 bridgehead atoms. The number of halogens is 2. The van der Waals surface area contributed by atoms with Crippen molar-refractivity contribution in [2.45, 2.75) is 57.7 Å². The lowest BCUT2D eigenvalue weighted by atomic mass is 10.1. The topological polar surface area (TPSA) is 36.9 Å². The number of benzene rings is 1. The molecule has 0 radical (unpaired) electrons. The predicted octanol–water partition coefficient (Wildman–Crippen LogP) is 7.00. The van der Waals surface area contributed by atoms with E-state index in [0.29, 0.717) is 19.4 Å². The molecule has 0 N–H and O–H groups in total. The summed E-state index contributed by atoms with van der Waals surface area (Å²) in [6, 6.07) is 9.16. The van der Waals surface area contributed by atoms with Crippen molar-refractivity contribution in [1.82, 2.24) is 0 Å². The van der Waals surface area contributed by atoms with Gasteiger partial charge in [-0.15, -0.1) is 13.2 Å². The highest BCUT2D eigenvalue weighted by Gasteiger charge is 2.44. The van der Waals surface area contributed by atoms with Crippen molar-refractivity contribution in [3.63, 3.8) is 0 Å². The number of methoxy groups -OCH3 is 1. The summed E-state index contributed by atoms with van der Waals surface area (Å²) in [6.07, 6.45) is 9.02. The molecule has 4 nitrogen and oxygen atoms in total. The highest BCUT2D eigenvalue weighted by Crippen LogP contribution is 2.33. The van der Waals surface area contributed by atoms with Crippen molar-refractivity contribution < 1.29 is 27.7 Å². The molecule has 0 heterocycles. The average molecular weight is 465 g/mol. The van der Waals surface area contributed by atoms with E-state index in [1.807, 2.05) is 43.3 Å². The van der Waals surface area contributed by atoms with Crippen LogP contribution in [-0.4, -0.2) is 39.1 Å². The number of hydrogen-bond donors (Lipinski definition) is 0. The molecule has 0 aliphatic rings. The van der Waals surface area contributed by atoms with Crippen LogP contribution in [-0.2, 0) is 25.6 Å². The van der Waals surface area contributed by atoms with Crippen LogP contribution in [0.2, 0.25) is 0 Å². The monoisotopic (exact) mass is 464 g/mol. The number of unbranched alkanes of at least 4 members (excludes halogenated alkanes) is 2. The molecule has 0 fully saturated rings. The normalized spacial score (nSPS) is 13.6. The average Bonchev–Trinajstić information content (AvgIpc) is 2.81. The van der Waals surface area contributed by atoms with Crippen LogP contribution in [0.15, 0.2) is 79.1 Å². The Labute approximate surface area is 197 Å². The Morgan fingerprint density at radius 3 is 2.48 bits per heavy atom. The highest BCUT2D eigenvalue weighted by atomic mass is 19.3. The molecule has 0 amide bonds. The maximum atomic E-state index is 15.3. The molecule has 1 aromatic rings. The number of ether oxygens (including phenoxy) is 4. The van der Waals surface area contributed by atoms with Crippen molar-refractivity contribution in [2.24, 2.45) is 0 Å². The van der Waals surface area contributed by atoms with Crippen molar-refractivity contribution in [3.05, 3.63) is 84.7 Å². The lowest BCUT2D eigenvalue weighted by Crippen LogP contribution is -2.37. The van der Waals surface area contributed by atoms with Crippen molar-refractivity contribution in [2.75, 3.05) is 27.1 Å². The van der Waals surface area contributed by atoms with Crippen LogP contribution in [0, 0.1) is 0 Å². The fourth-order valence-electron chi connectivity index (χ4n) is 2.96. The van der Waals surface area contributed by atoms with Gasteiger partial charge in [-0.05, 0) is 50.7 Å². The Morgan fingerprint density at radius 2 is 1.82 bits per heavy atom. The number of rotatable bonds is 19. The molecule has 1 rings (SSSR count). The molecule has 0 spiro atoms. The van der Waals surface area contributed by atoms with Gasteiger partial charge in [0.2, 0.25) is 0 Å². The summed E-state index contributed by atoms with van der Waals surface area (Å²) >= 11 is 0. The predicted molar refractivity (Wildman–Crippen MR) is 129 cm³/mol. The van der Waals surface area contributed by atoms with Crippen LogP contribution in [0.1, 0.15) is 44.6 Å². The van der Waals surface area contributed by atoms with Gasteiger partial charge in [0, 0.05) is 7.11 Å². The zero-order valence-corrected chi connectivity index (χ0v) is 19.9. The molecule has 0 aromatic heterocycles. The number of hydrogen-bond acceptors (Lipinski definition) is 4. The maximum absolute atomic E-state index is 15.3. The smallest absolute Gasteiger partial charge is 0.332 e. The van der Waals surface area contributed by atoms with E-state index in [1.165, 1.54) is 13.2 Å². The molecule has 1 atom stereocenters. The first-order valence-electron chi connectivity index (χ1n) is 11.3. The fraction of sp³-hybridized carbons (Fsp3) is 0.481. The van der Waals surface area contributed by atoms with E-state index in [4.69, 9.17) is 18.9 Å². The molecule has 0 aliphatic carbocycles. The third-order valence-corrected chi connectivity index (χ3v) is 4.88. The van der Waals surface area contributed by atoms with Gasteiger partial charge in [-0.1, -0.05) is 54.1 Å². The Balaban J connectivity index is 2.82. The molecule has 0 saturated carbocycles. The highest BCUT2D eigenvalue weighted by molar-refractivity contribution is 5.16. The third kappa shape index (κ3) is 11.9. The molecule has 6 heteroatoms. The summed E-state index contributed by atoms with van der Waals surface area (Å²) in [5.41, 5.74) is 1.95. The molecule has 184 valence electrons. The van der Waals surface area contributed by atoms with Crippen LogP contribution in [0.4, 0.5) is 8.78 Å². The largest absolute Gasteiger partial charge is 0.466 e. The van der Waals surface area contributed by atoms with Crippen LogP contribution in [0.5, 0.6) is 0 Å².